The minimum Gasteiger partial charge on any atom is -0.368 e. The first-order valence-corrected chi connectivity index (χ1v) is 10.7. The number of H-pyrrole nitrogens is 1. The zero-order chi connectivity index (χ0) is 22.6. The third kappa shape index (κ3) is 3.64. The Morgan fingerprint density at radius 2 is 1.88 bits per heavy atom. The molecule has 3 N–H and O–H groups in total. The molecule has 168 valence electrons. The van der Waals surface area contributed by atoms with Gasteiger partial charge < -0.3 is 15.5 Å². The molecule has 0 unspecified atom stereocenters. The van der Waals surface area contributed by atoms with Crippen LogP contribution in [-0.2, 0) is 0 Å². The number of aromatic amines is 1. The zero-order valence-electron chi connectivity index (χ0n) is 18.4. The van der Waals surface area contributed by atoms with Gasteiger partial charge in [-0.15, -0.1) is 5.10 Å². The largest absolute Gasteiger partial charge is 0.368 e. The second kappa shape index (κ2) is 7.70. The fraction of sp³-hybridized carbons (Fsp3) is 0.409. The van der Waals surface area contributed by atoms with Crippen molar-refractivity contribution in [3.05, 3.63) is 41.2 Å². The van der Waals surface area contributed by atoms with Gasteiger partial charge in [-0.25, -0.2) is 18.3 Å². The molecule has 1 aliphatic rings. The Morgan fingerprint density at radius 1 is 1.12 bits per heavy atom. The van der Waals surface area contributed by atoms with Crippen molar-refractivity contribution in [2.45, 2.75) is 46.2 Å². The normalized spacial score (nSPS) is 19.4. The molecule has 3 aromatic heterocycles. The van der Waals surface area contributed by atoms with Crippen LogP contribution >= 0.6 is 0 Å². The minimum absolute atomic E-state index is 0.0520. The van der Waals surface area contributed by atoms with Gasteiger partial charge in [0.05, 0.1) is 22.8 Å². The molecule has 2 atom stereocenters. The Labute approximate surface area is 184 Å². The smallest absolute Gasteiger partial charge is 0.264 e. The average molecular weight is 441 g/mol. The van der Waals surface area contributed by atoms with Crippen LogP contribution in [0.4, 0.5) is 26.1 Å². The Kier molecular flexibility index (Phi) is 4.96. The number of anilines is 3. The lowest BCUT2D eigenvalue weighted by Crippen LogP contribution is -2.54. The van der Waals surface area contributed by atoms with E-state index in [9.17, 15) is 8.78 Å². The van der Waals surface area contributed by atoms with Crippen molar-refractivity contribution in [1.29, 1.82) is 0 Å². The molecule has 4 heterocycles. The molecule has 5 rings (SSSR count). The van der Waals surface area contributed by atoms with Crippen LogP contribution in [0, 0.1) is 13.8 Å². The third-order valence-electron chi connectivity index (χ3n) is 5.81. The number of aromatic nitrogens is 5. The molecule has 0 bridgehead atoms. The number of piperazine rings is 1. The van der Waals surface area contributed by atoms with Crippen LogP contribution in [0.5, 0.6) is 0 Å². The molecule has 1 aliphatic heterocycles. The van der Waals surface area contributed by atoms with Gasteiger partial charge >= 0.3 is 0 Å². The van der Waals surface area contributed by atoms with Gasteiger partial charge in [0.2, 0.25) is 0 Å². The number of halogens is 2. The first kappa shape index (κ1) is 20.6. The van der Waals surface area contributed by atoms with Crippen molar-refractivity contribution < 1.29 is 8.78 Å². The molecular formula is C22H26F2N8. The summed E-state index contributed by atoms with van der Waals surface area (Å²) in [5, 5.41) is 18.7. The van der Waals surface area contributed by atoms with E-state index in [1.165, 1.54) is 0 Å². The van der Waals surface area contributed by atoms with Crippen LogP contribution in [0.3, 0.4) is 0 Å². The Morgan fingerprint density at radius 3 is 2.59 bits per heavy atom. The van der Waals surface area contributed by atoms with Crippen molar-refractivity contribution >= 4 is 33.9 Å². The lowest BCUT2D eigenvalue weighted by molar-refractivity contribution is 0.153. The van der Waals surface area contributed by atoms with E-state index < -0.39 is 6.43 Å². The number of hydrogen-bond donors (Lipinski definition) is 3. The fourth-order valence-corrected chi connectivity index (χ4v) is 4.58. The van der Waals surface area contributed by atoms with Gasteiger partial charge in [0.1, 0.15) is 0 Å². The van der Waals surface area contributed by atoms with E-state index in [0.29, 0.717) is 22.5 Å². The predicted octanol–water partition coefficient (Wildman–Crippen LogP) is 4.09. The topological polar surface area (TPSA) is 86.2 Å². The fourth-order valence-electron chi connectivity index (χ4n) is 4.58. The molecular weight excluding hydrogens is 414 g/mol. The molecule has 0 radical (unpaired) electrons. The highest BCUT2D eigenvalue weighted by molar-refractivity contribution is 5.96. The summed E-state index contributed by atoms with van der Waals surface area (Å²) in [6, 6.07) is 5.87. The number of benzene rings is 1. The van der Waals surface area contributed by atoms with Crippen molar-refractivity contribution in [3.63, 3.8) is 0 Å². The molecule has 0 saturated carbocycles. The van der Waals surface area contributed by atoms with Crippen LogP contribution in [0.1, 0.15) is 37.1 Å². The number of aryl methyl sites for hydroxylation is 2. The number of alkyl halides is 2. The lowest BCUT2D eigenvalue weighted by atomic mass is 10.1. The standard InChI is InChI=1S/C22H26F2N8/c1-11-5-18(30-32-10-14(4)26-22(11)32)27-21-19-16(20(23)24)6-15(7-17(19)28-29-21)31-8-12(2)25-13(3)9-31/h5-7,10,12-13,20,25H,8-9H2,1-4H3,(H2,27,28,29,30)/t12-,13+. The van der Waals surface area contributed by atoms with Gasteiger partial charge in [-0.05, 0) is 51.5 Å². The van der Waals surface area contributed by atoms with Gasteiger partial charge in [-0.3, -0.25) is 5.10 Å². The van der Waals surface area contributed by atoms with E-state index in [4.69, 9.17) is 0 Å². The van der Waals surface area contributed by atoms with E-state index in [1.807, 2.05) is 32.2 Å². The van der Waals surface area contributed by atoms with Crippen molar-refractivity contribution in [3.8, 4) is 0 Å². The van der Waals surface area contributed by atoms with E-state index >= 15 is 0 Å². The minimum atomic E-state index is -2.64. The monoisotopic (exact) mass is 440 g/mol. The molecule has 1 saturated heterocycles. The van der Waals surface area contributed by atoms with E-state index in [0.717, 1.165) is 35.7 Å². The van der Waals surface area contributed by atoms with Gasteiger partial charge in [-0.2, -0.15) is 5.10 Å². The van der Waals surface area contributed by atoms with Gasteiger partial charge in [0.15, 0.2) is 17.3 Å². The summed E-state index contributed by atoms with van der Waals surface area (Å²) in [7, 11) is 0. The Bertz CT molecular complexity index is 1280. The maximum absolute atomic E-state index is 14.1. The highest BCUT2D eigenvalue weighted by atomic mass is 19.3. The summed E-state index contributed by atoms with van der Waals surface area (Å²) < 4.78 is 30.0. The van der Waals surface area contributed by atoms with Gasteiger partial charge in [-0.1, -0.05) is 0 Å². The molecule has 10 heteroatoms. The van der Waals surface area contributed by atoms with Crippen LogP contribution in [0.25, 0.3) is 16.6 Å². The molecule has 0 amide bonds. The molecule has 8 nitrogen and oxygen atoms in total. The third-order valence-corrected chi connectivity index (χ3v) is 5.81. The SMILES string of the molecule is Cc1cn2nc(Nc3n[nH]c4cc(N5C[C@@H](C)N[C@@H](C)C5)cc(C(F)F)c34)cc(C)c2n1. The van der Waals surface area contributed by atoms with E-state index in [2.05, 4.69) is 49.7 Å². The summed E-state index contributed by atoms with van der Waals surface area (Å²) in [5.41, 5.74) is 3.82. The first-order chi connectivity index (χ1) is 15.3. The summed E-state index contributed by atoms with van der Waals surface area (Å²) in [4.78, 5) is 6.59. The first-order valence-electron chi connectivity index (χ1n) is 10.7. The van der Waals surface area contributed by atoms with Crippen molar-refractivity contribution in [2.75, 3.05) is 23.3 Å². The molecule has 0 spiro atoms. The number of rotatable bonds is 4. The average Bonchev–Trinajstić information content (AvgIpc) is 3.29. The van der Waals surface area contributed by atoms with Crippen LogP contribution in [-0.4, -0.2) is 50.0 Å². The molecule has 1 fully saturated rings. The molecule has 1 aromatic carbocycles. The number of fused-ring (bicyclic) bond motifs is 2. The summed E-state index contributed by atoms with van der Waals surface area (Å²) in [6.07, 6.45) is -0.815. The maximum atomic E-state index is 14.1. The predicted molar refractivity (Wildman–Crippen MR) is 121 cm³/mol. The van der Waals surface area contributed by atoms with E-state index in [-0.39, 0.29) is 17.6 Å². The highest BCUT2D eigenvalue weighted by Gasteiger charge is 2.25. The number of hydrogen-bond acceptors (Lipinski definition) is 6. The van der Waals surface area contributed by atoms with Crippen LogP contribution < -0.4 is 15.5 Å². The second-order valence-electron chi connectivity index (χ2n) is 8.69. The number of nitrogens with one attached hydrogen (secondary N) is 3. The van der Waals surface area contributed by atoms with Crippen molar-refractivity contribution in [2.24, 2.45) is 0 Å². The van der Waals surface area contributed by atoms with Crippen LogP contribution in [0.15, 0.2) is 24.4 Å². The summed E-state index contributed by atoms with van der Waals surface area (Å²) in [5.74, 6) is 0.835. The number of imidazole rings is 1. The summed E-state index contributed by atoms with van der Waals surface area (Å²) >= 11 is 0. The molecule has 32 heavy (non-hydrogen) atoms. The lowest BCUT2D eigenvalue weighted by Gasteiger charge is -2.37. The van der Waals surface area contributed by atoms with E-state index in [1.54, 1.807) is 10.6 Å². The zero-order valence-corrected chi connectivity index (χ0v) is 18.4. The molecule has 4 aromatic rings. The van der Waals surface area contributed by atoms with Gasteiger partial charge in [0.25, 0.3) is 6.43 Å². The number of nitrogens with zero attached hydrogens (tertiary/aromatic N) is 5. The van der Waals surface area contributed by atoms with Crippen molar-refractivity contribution in [1.82, 2.24) is 30.1 Å². The quantitative estimate of drug-likeness (QED) is 0.443. The highest BCUT2D eigenvalue weighted by Crippen LogP contribution is 2.37. The van der Waals surface area contributed by atoms with Gasteiger partial charge in [0, 0.05) is 36.4 Å². The Hall–Kier alpha value is -3.27. The second-order valence-corrected chi connectivity index (χ2v) is 8.69. The summed E-state index contributed by atoms with van der Waals surface area (Å²) in [6.45, 7) is 9.54. The Balaban J connectivity index is 1.55. The molecule has 0 aliphatic carbocycles. The maximum Gasteiger partial charge on any atom is 0.264 e. The van der Waals surface area contributed by atoms with Crippen LogP contribution in [0.2, 0.25) is 0 Å².